The summed E-state index contributed by atoms with van der Waals surface area (Å²) in [5, 5.41) is 2.70. The average molecular weight is 370 g/mol. The van der Waals surface area contributed by atoms with Crippen molar-refractivity contribution >= 4 is 28.1 Å². The van der Waals surface area contributed by atoms with Crippen LogP contribution in [0.25, 0.3) is 10.6 Å². The highest BCUT2D eigenvalue weighted by Gasteiger charge is 2.09. The molecule has 6 nitrogen and oxygen atoms in total. The molecular formula is C17H14N4O2S2. The first-order valence-corrected chi connectivity index (χ1v) is 9.37. The van der Waals surface area contributed by atoms with Gasteiger partial charge in [-0.1, -0.05) is 11.8 Å². The predicted octanol–water partition coefficient (Wildman–Crippen LogP) is 3.24. The number of thiazole rings is 1. The van der Waals surface area contributed by atoms with Gasteiger partial charge in [0.1, 0.15) is 5.75 Å². The molecule has 0 aliphatic carbocycles. The molecule has 0 saturated heterocycles. The molecule has 0 aliphatic rings. The van der Waals surface area contributed by atoms with Crippen molar-refractivity contribution in [2.45, 2.75) is 10.9 Å². The van der Waals surface area contributed by atoms with Crippen molar-refractivity contribution in [3.8, 4) is 11.4 Å². The third-order valence-electron chi connectivity index (χ3n) is 3.66. The minimum atomic E-state index is -0.0552. The van der Waals surface area contributed by atoms with E-state index >= 15 is 0 Å². The number of fused-ring (bicyclic) bond motifs is 1. The summed E-state index contributed by atoms with van der Waals surface area (Å²) >= 11 is 3.00. The number of imidazole rings is 1. The number of hydrogen-bond donors (Lipinski definition) is 0. The zero-order valence-corrected chi connectivity index (χ0v) is 15.0. The number of benzene rings is 1. The number of rotatable bonds is 5. The quantitative estimate of drug-likeness (QED) is 0.505. The van der Waals surface area contributed by atoms with E-state index in [-0.39, 0.29) is 5.56 Å². The zero-order chi connectivity index (χ0) is 17.2. The van der Waals surface area contributed by atoms with Crippen molar-refractivity contribution in [1.82, 2.24) is 18.9 Å². The van der Waals surface area contributed by atoms with E-state index < -0.39 is 0 Å². The number of ether oxygens (including phenoxy) is 1. The van der Waals surface area contributed by atoms with E-state index in [9.17, 15) is 4.79 Å². The monoisotopic (exact) mass is 370 g/mol. The van der Waals surface area contributed by atoms with Gasteiger partial charge >= 0.3 is 0 Å². The molecule has 1 aromatic carbocycles. The Morgan fingerprint density at radius 2 is 2.08 bits per heavy atom. The van der Waals surface area contributed by atoms with E-state index in [0.717, 1.165) is 22.3 Å². The molecule has 25 heavy (non-hydrogen) atoms. The molecule has 8 heteroatoms. The first-order chi connectivity index (χ1) is 12.2. The van der Waals surface area contributed by atoms with Crippen molar-refractivity contribution in [2.24, 2.45) is 0 Å². The van der Waals surface area contributed by atoms with Gasteiger partial charge in [0.2, 0.25) is 0 Å². The number of aromatic nitrogens is 4. The highest BCUT2D eigenvalue weighted by Crippen LogP contribution is 2.24. The van der Waals surface area contributed by atoms with Crippen molar-refractivity contribution < 1.29 is 4.74 Å². The lowest BCUT2D eigenvalue weighted by Gasteiger charge is -2.08. The maximum absolute atomic E-state index is 12.1. The van der Waals surface area contributed by atoms with Gasteiger partial charge in [-0.15, -0.1) is 11.3 Å². The fourth-order valence-electron chi connectivity index (χ4n) is 2.44. The maximum Gasteiger partial charge on any atom is 0.258 e. The standard InChI is InChI=1S/C17H14N4O2S2/c1-23-14-4-2-13(3-5-14)20-7-6-18-16(20)25-11-12-10-15(22)21-8-9-24-17(21)19-12/h2-10H,11H2,1H3. The highest BCUT2D eigenvalue weighted by molar-refractivity contribution is 7.98. The van der Waals surface area contributed by atoms with Crippen LogP contribution in [0.3, 0.4) is 0 Å². The second kappa shape index (κ2) is 6.73. The largest absolute Gasteiger partial charge is 0.497 e. The van der Waals surface area contributed by atoms with E-state index in [4.69, 9.17) is 4.74 Å². The van der Waals surface area contributed by atoms with Crippen molar-refractivity contribution in [2.75, 3.05) is 7.11 Å². The molecule has 0 amide bonds. The van der Waals surface area contributed by atoms with Crippen LogP contribution in [0.15, 0.2) is 64.3 Å². The van der Waals surface area contributed by atoms with E-state index in [1.807, 2.05) is 40.4 Å². The molecule has 0 aliphatic heterocycles. The van der Waals surface area contributed by atoms with Crippen molar-refractivity contribution in [3.05, 3.63) is 70.4 Å². The van der Waals surface area contributed by atoms with Crippen LogP contribution in [0, 0.1) is 0 Å². The van der Waals surface area contributed by atoms with Gasteiger partial charge in [-0.25, -0.2) is 9.97 Å². The lowest BCUT2D eigenvalue weighted by atomic mass is 10.3. The number of methoxy groups -OCH3 is 1. The summed E-state index contributed by atoms with van der Waals surface area (Å²) in [6.07, 6.45) is 5.41. The van der Waals surface area contributed by atoms with Crippen molar-refractivity contribution in [1.29, 1.82) is 0 Å². The number of hydrogen-bond acceptors (Lipinski definition) is 6. The third kappa shape index (κ3) is 3.18. The van der Waals surface area contributed by atoms with Crippen LogP contribution in [0.1, 0.15) is 5.69 Å². The Kier molecular flexibility index (Phi) is 4.29. The minimum Gasteiger partial charge on any atom is -0.497 e. The Labute approximate surface area is 151 Å². The van der Waals surface area contributed by atoms with Crippen LogP contribution in [-0.2, 0) is 5.75 Å². The van der Waals surface area contributed by atoms with Gasteiger partial charge < -0.3 is 4.74 Å². The van der Waals surface area contributed by atoms with E-state index in [0.29, 0.717) is 10.7 Å². The predicted molar refractivity (Wildman–Crippen MR) is 99.0 cm³/mol. The summed E-state index contributed by atoms with van der Waals surface area (Å²) in [6.45, 7) is 0. The Morgan fingerprint density at radius 3 is 2.88 bits per heavy atom. The summed E-state index contributed by atoms with van der Waals surface area (Å²) in [5.74, 6) is 1.39. The second-order valence-corrected chi connectivity index (χ2v) is 7.02. The Hall–Kier alpha value is -2.58. The van der Waals surface area contributed by atoms with E-state index in [1.165, 1.54) is 11.3 Å². The molecule has 4 rings (SSSR count). The molecule has 3 aromatic heterocycles. The van der Waals surface area contributed by atoms with Gasteiger partial charge in [0.25, 0.3) is 5.56 Å². The Morgan fingerprint density at radius 1 is 1.24 bits per heavy atom. The molecule has 126 valence electrons. The van der Waals surface area contributed by atoms with Crippen LogP contribution < -0.4 is 10.3 Å². The van der Waals surface area contributed by atoms with Crippen LogP contribution in [0.4, 0.5) is 0 Å². The van der Waals surface area contributed by atoms with E-state index in [1.54, 1.807) is 41.7 Å². The summed E-state index contributed by atoms with van der Waals surface area (Å²) in [4.78, 5) is 21.7. The van der Waals surface area contributed by atoms with Gasteiger partial charge in [0.15, 0.2) is 10.1 Å². The van der Waals surface area contributed by atoms with Gasteiger partial charge in [0.05, 0.1) is 12.8 Å². The van der Waals surface area contributed by atoms with Crippen LogP contribution in [0.5, 0.6) is 5.75 Å². The fraction of sp³-hybridized carbons (Fsp3) is 0.118. The topological polar surface area (TPSA) is 61.4 Å². The zero-order valence-electron chi connectivity index (χ0n) is 13.3. The van der Waals surface area contributed by atoms with Crippen molar-refractivity contribution in [3.63, 3.8) is 0 Å². The first-order valence-electron chi connectivity index (χ1n) is 7.51. The van der Waals surface area contributed by atoms with Crippen LogP contribution in [-0.4, -0.2) is 26.0 Å². The fourth-order valence-corrected chi connectivity index (χ4v) is 4.04. The lowest BCUT2D eigenvalue weighted by molar-refractivity contribution is 0.414. The molecule has 0 bridgehead atoms. The average Bonchev–Trinajstić information content (AvgIpc) is 3.29. The van der Waals surface area contributed by atoms with E-state index in [2.05, 4.69) is 9.97 Å². The summed E-state index contributed by atoms with van der Waals surface area (Å²) in [6, 6.07) is 9.36. The molecule has 0 radical (unpaired) electrons. The summed E-state index contributed by atoms with van der Waals surface area (Å²) in [5.41, 5.74) is 1.70. The molecular weight excluding hydrogens is 356 g/mol. The summed E-state index contributed by atoms with van der Waals surface area (Å²) < 4.78 is 8.75. The molecule has 0 unspecified atom stereocenters. The molecule has 0 atom stereocenters. The molecule has 0 spiro atoms. The van der Waals surface area contributed by atoms with Gasteiger partial charge in [-0.05, 0) is 24.3 Å². The molecule has 0 saturated carbocycles. The van der Waals surface area contributed by atoms with Gasteiger partial charge in [0, 0.05) is 41.5 Å². The molecule has 3 heterocycles. The molecule has 0 N–H and O–H groups in total. The Bertz CT molecular complexity index is 1070. The van der Waals surface area contributed by atoms with Gasteiger partial charge in [-0.2, -0.15) is 0 Å². The number of nitrogens with zero attached hydrogens (tertiary/aromatic N) is 4. The lowest BCUT2D eigenvalue weighted by Crippen LogP contribution is -2.12. The smallest absolute Gasteiger partial charge is 0.258 e. The third-order valence-corrected chi connectivity index (χ3v) is 5.42. The minimum absolute atomic E-state index is 0.0552. The highest BCUT2D eigenvalue weighted by atomic mass is 32.2. The second-order valence-electron chi connectivity index (χ2n) is 5.21. The SMILES string of the molecule is COc1ccc(-n2ccnc2SCc2cc(=O)n3ccsc3n2)cc1. The van der Waals surface area contributed by atoms with Crippen LogP contribution in [0.2, 0.25) is 0 Å². The first kappa shape index (κ1) is 15.9. The van der Waals surface area contributed by atoms with Gasteiger partial charge in [-0.3, -0.25) is 13.8 Å². The maximum atomic E-state index is 12.1. The molecule has 4 aromatic rings. The summed E-state index contributed by atoms with van der Waals surface area (Å²) in [7, 11) is 1.65. The van der Waals surface area contributed by atoms with Crippen LogP contribution >= 0.6 is 23.1 Å². The number of thioether (sulfide) groups is 1. The Balaban J connectivity index is 1.57. The normalized spacial score (nSPS) is 11.1. The molecule has 0 fully saturated rings.